The molecule has 4 nitrogen and oxygen atoms in total. The minimum Gasteiger partial charge on any atom is -0.389 e. The Morgan fingerprint density at radius 3 is 2.83 bits per heavy atom. The van der Waals surface area contributed by atoms with E-state index < -0.39 is 6.10 Å². The van der Waals surface area contributed by atoms with Gasteiger partial charge in [0, 0.05) is 28.3 Å². The molecule has 1 unspecified atom stereocenters. The van der Waals surface area contributed by atoms with E-state index in [1.807, 2.05) is 18.2 Å². The Hall–Kier alpha value is -0.140. The van der Waals surface area contributed by atoms with Crippen LogP contribution in [-0.2, 0) is 9.47 Å². The number of halogens is 2. The van der Waals surface area contributed by atoms with Crippen LogP contribution in [-0.4, -0.2) is 44.7 Å². The van der Waals surface area contributed by atoms with E-state index in [4.69, 9.17) is 9.47 Å². The summed E-state index contributed by atoms with van der Waals surface area (Å²) in [6.07, 6.45) is -0.548. The van der Waals surface area contributed by atoms with Crippen LogP contribution >= 0.6 is 31.9 Å². The minimum atomic E-state index is -0.548. The van der Waals surface area contributed by atoms with Gasteiger partial charge in [0.05, 0.1) is 25.9 Å². The van der Waals surface area contributed by atoms with Gasteiger partial charge in [-0.15, -0.1) is 0 Å². The molecular formula is C12H17Br2NO3. The molecule has 0 aliphatic heterocycles. The van der Waals surface area contributed by atoms with Crippen LogP contribution in [0.15, 0.2) is 27.1 Å². The van der Waals surface area contributed by atoms with Crippen LogP contribution in [0.25, 0.3) is 0 Å². The molecule has 1 aromatic rings. The van der Waals surface area contributed by atoms with Crippen molar-refractivity contribution in [3.05, 3.63) is 27.1 Å². The minimum absolute atomic E-state index is 0.294. The number of ether oxygens (including phenoxy) is 2. The van der Waals surface area contributed by atoms with Gasteiger partial charge in [0.15, 0.2) is 0 Å². The van der Waals surface area contributed by atoms with Gasteiger partial charge < -0.3 is 19.9 Å². The summed E-state index contributed by atoms with van der Waals surface area (Å²) in [5.74, 6) is 0. The number of hydrogen-bond donors (Lipinski definition) is 2. The first-order valence-corrected chi connectivity index (χ1v) is 7.15. The molecule has 0 aliphatic rings. The van der Waals surface area contributed by atoms with E-state index in [2.05, 4.69) is 37.2 Å². The maximum absolute atomic E-state index is 9.71. The van der Waals surface area contributed by atoms with Crippen molar-refractivity contribution < 1.29 is 14.6 Å². The molecule has 1 atom stereocenters. The highest BCUT2D eigenvalue weighted by molar-refractivity contribution is 9.11. The van der Waals surface area contributed by atoms with Gasteiger partial charge in [-0.3, -0.25) is 0 Å². The second kappa shape index (κ2) is 8.87. The predicted molar refractivity (Wildman–Crippen MR) is 79.0 cm³/mol. The number of aliphatic hydroxyl groups is 1. The SMILES string of the molecule is COCCOCC(O)CNc1cc(Br)ccc1Br. The van der Waals surface area contributed by atoms with Crippen LogP contribution in [0.5, 0.6) is 0 Å². The van der Waals surface area contributed by atoms with Crippen molar-refractivity contribution in [2.45, 2.75) is 6.10 Å². The number of rotatable bonds is 8. The van der Waals surface area contributed by atoms with Crippen molar-refractivity contribution in [1.82, 2.24) is 0 Å². The van der Waals surface area contributed by atoms with Crippen molar-refractivity contribution in [3.8, 4) is 0 Å². The quantitative estimate of drug-likeness (QED) is 0.678. The van der Waals surface area contributed by atoms with Crippen molar-refractivity contribution in [1.29, 1.82) is 0 Å². The molecule has 0 radical (unpaired) electrons. The van der Waals surface area contributed by atoms with E-state index in [1.54, 1.807) is 7.11 Å². The molecular weight excluding hydrogens is 366 g/mol. The Kier molecular flexibility index (Phi) is 7.85. The fraction of sp³-hybridized carbons (Fsp3) is 0.500. The van der Waals surface area contributed by atoms with E-state index in [0.717, 1.165) is 14.6 Å². The van der Waals surface area contributed by atoms with Crippen LogP contribution in [0.4, 0.5) is 5.69 Å². The lowest BCUT2D eigenvalue weighted by atomic mass is 10.3. The maximum atomic E-state index is 9.71. The van der Waals surface area contributed by atoms with Gasteiger partial charge >= 0.3 is 0 Å². The standard InChI is InChI=1S/C12H17Br2NO3/c1-17-4-5-18-8-10(16)7-15-12-6-9(13)2-3-11(12)14/h2-3,6,10,15-16H,4-5,7-8H2,1H3. The van der Waals surface area contributed by atoms with Crippen molar-refractivity contribution >= 4 is 37.5 Å². The zero-order chi connectivity index (χ0) is 13.4. The molecule has 0 fully saturated rings. The highest BCUT2D eigenvalue weighted by Gasteiger charge is 2.06. The van der Waals surface area contributed by atoms with E-state index in [1.165, 1.54) is 0 Å². The molecule has 2 N–H and O–H groups in total. The van der Waals surface area contributed by atoms with E-state index in [9.17, 15) is 5.11 Å². The first-order chi connectivity index (χ1) is 8.63. The Bertz CT molecular complexity index is 363. The molecule has 6 heteroatoms. The zero-order valence-corrected chi connectivity index (χ0v) is 13.3. The third-order valence-electron chi connectivity index (χ3n) is 2.20. The van der Waals surface area contributed by atoms with Gasteiger partial charge in [-0.2, -0.15) is 0 Å². The van der Waals surface area contributed by atoms with Crippen LogP contribution in [0.2, 0.25) is 0 Å². The largest absolute Gasteiger partial charge is 0.389 e. The van der Waals surface area contributed by atoms with Gasteiger partial charge in [-0.05, 0) is 34.1 Å². The van der Waals surface area contributed by atoms with Crippen LogP contribution in [0.1, 0.15) is 0 Å². The fourth-order valence-corrected chi connectivity index (χ4v) is 2.03. The number of nitrogens with one attached hydrogen (secondary N) is 1. The van der Waals surface area contributed by atoms with Crippen molar-refractivity contribution in [2.24, 2.45) is 0 Å². The van der Waals surface area contributed by atoms with Gasteiger partial charge in [-0.25, -0.2) is 0 Å². The average Bonchev–Trinajstić information content (AvgIpc) is 2.36. The summed E-state index contributed by atoms with van der Waals surface area (Å²) < 4.78 is 12.0. The summed E-state index contributed by atoms with van der Waals surface area (Å²) in [7, 11) is 1.62. The second-order valence-corrected chi connectivity index (χ2v) is 5.50. The van der Waals surface area contributed by atoms with E-state index in [0.29, 0.717) is 26.4 Å². The van der Waals surface area contributed by atoms with E-state index >= 15 is 0 Å². The number of benzene rings is 1. The molecule has 0 bridgehead atoms. The Labute approximate surface area is 124 Å². The number of aliphatic hydroxyl groups excluding tert-OH is 1. The van der Waals surface area contributed by atoms with Gasteiger partial charge in [0.2, 0.25) is 0 Å². The molecule has 102 valence electrons. The monoisotopic (exact) mass is 381 g/mol. The highest BCUT2D eigenvalue weighted by Crippen LogP contribution is 2.25. The summed E-state index contributed by atoms with van der Waals surface area (Å²) in [5.41, 5.74) is 0.931. The number of anilines is 1. The fourth-order valence-electron chi connectivity index (χ4n) is 1.28. The van der Waals surface area contributed by atoms with Gasteiger partial charge in [-0.1, -0.05) is 15.9 Å². The predicted octanol–water partition coefficient (Wildman–Crippen LogP) is 2.65. The molecule has 0 aliphatic carbocycles. The molecule has 0 aromatic heterocycles. The summed E-state index contributed by atoms with van der Waals surface area (Å²) >= 11 is 6.84. The Morgan fingerprint density at radius 1 is 1.33 bits per heavy atom. The average molecular weight is 383 g/mol. The molecule has 1 aromatic carbocycles. The molecule has 18 heavy (non-hydrogen) atoms. The third-order valence-corrected chi connectivity index (χ3v) is 3.38. The van der Waals surface area contributed by atoms with Crippen LogP contribution in [0.3, 0.4) is 0 Å². The normalized spacial score (nSPS) is 12.4. The van der Waals surface area contributed by atoms with Crippen molar-refractivity contribution in [3.63, 3.8) is 0 Å². The van der Waals surface area contributed by atoms with Crippen molar-refractivity contribution in [2.75, 3.05) is 38.8 Å². The lowest BCUT2D eigenvalue weighted by Gasteiger charge is -2.14. The molecule has 0 amide bonds. The third kappa shape index (κ3) is 6.15. The van der Waals surface area contributed by atoms with Crippen LogP contribution < -0.4 is 5.32 Å². The second-order valence-electron chi connectivity index (χ2n) is 3.73. The molecule has 0 spiro atoms. The lowest BCUT2D eigenvalue weighted by Crippen LogP contribution is -2.25. The first-order valence-electron chi connectivity index (χ1n) is 5.57. The van der Waals surface area contributed by atoms with E-state index in [-0.39, 0.29) is 0 Å². The number of hydrogen-bond acceptors (Lipinski definition) is 4. The summed E-state index contributed by atoms with van der Waals surface area (Å²) in [6, 6.07) is 5.83. The summed E-state index contributed by atoms with van der Waals surface area (Å²) in [6.45, 7) is 1.76. The van der Waals surface area contributed by atoms with Gasteiger partial charge in [0.25, 0.3) is 0 Å². The topological polar surface area (TPSA) is 50.7 Å². The van der Waals surface area contributed by atoms with Crippen LogP contribution in [0, 0.1) is 0 Å². The smallest absolute Gasteiger partial charge is 0.0945 e. The highest BCUT2D eigenvalue weighted by atomic mass is 79.9. The molecule has 1 rings (SSSR count). The Balaban J connectivity index is 2.29. The van der Waals surface area contributed by atoms with Gasteiger partial charge in [0.1, 0.15) is 0 Å². The molecule has 0 saturated heterocycles. The Morgan fingerprint density at radius 2 is 2.11 bits per heavy atom. The summed E-state index contributed by atoms with van der Waals surface area (Å²) in [5, 5.41) is 12.9. The molecule has 0 heterocycles. The number of methoxy groups -OCH3 is 1. The zero-order valence-electron chi connectivity index (χ0n) is 10.2. The summed E-state index contributed by atoms with van der Waals surface area (Å²) in [4.78, 5) is 0. The first kappa shape index (κ1) is 15.9. The lowest BCUT2D eigenvalue weighted by molar-refractivity contribution is 0.0182. The molecule has 0 saturated carbocycles. The maximum Gasteiger partial charge on any atom is 0.0945 e.